The van der Waals surface area contributed by atoms with E-state index in [9.17, 15) is 14.3 Å². The van der Waals surface area contributed by atoms with Crippen molar-refractivity contribution in [2.24, 2.45) is 0 Å². The molecule has 0 aromatic carbocycles. The van der Waals surface area contributed by atoms with E-state index in [0.717, 1.165) is 64.2 Å². The van der Waals surface area contributed by atoms with Gasteiger partial charge in [0.15, 0.2) is 0 Å². The van der Waals surface area contributed by atoms with E-state index >= 15 is 0 Å². The Morgan fingerprint density at radius 2 is 1.17 bits per heavy atom. The molecule has 0 radical (unpaired) electrons. The van der Waals surface area contributed by atoms with Gasteiger partial charge in [0.25, 0.3) is 7.82 Å². The Kier molecular flexibility index (Phi) is 31.1. The zero-order chi connectivity index (χ0) is 34.9. The van der Waals surface area contributed by atoms with Crippen molar-refractivity contribution in [3.63, 3.8) is 0 Å². The molecule has 0 N–H and O–H groups in total. The summed E-state index contributed by atoms with van der Waals surface area (Å²) in [5, 5.41) is 0. The zero-order valence-electron chi connectivity index (χ0n) is 31.0. The molecule has 0 spiro atoms. The molecular formula is C38H72NO7P. The summed E-state index contributed by atoms with van der Waals surface area (Å²) in [5.74, 6) is -0.353. The van der Waals surface area contributed by atoms with Gasteiger partial charge in [-0.2, -0.15) is 0 Å². The molecule has 0 rings (SSSR count). The van der Waals surface area contributed by atoms with Crippen LogP contribution < -0.4 is 4.89 Å². The summed E-state index contributed by atoms with van der Waals surface area (Å²) in [4.78, 5) is 24.6. The van der Waals surface area contributed by atoms with Crippen LogP contribution in [0.1, 0.15) is 142 Å². The molecular weight excluding hydrogens is 613 g/mol. The topological polar surface area (TPSA) is 94.1 Å². The van der Waals surface area contributed by atoms with Crippen LogP contribution in [0.15, 0.2) is 36.5 Å². The van der Waals surface area contributed by atoms with Crippen LogP contribution in [0.4, 0.5) is 0 Å². The number of allylic oxidation sites excluding steroid dienone is 6. The molecule has 9 heteroatoms. The molecule has 2 atom stereocenters. The molecule has 2 unspecified atom stereocenters. The molecule has 0 amide bonds. The minimum Gasteiger partial charge on any atom is -0.756 e. The molecule has 0 aliphatic rings. The average molecular weight is 686 g/mol. The monoisotopic (exact) mass is 686 g/mol. The van der Waals surface area contributed by atoms with Gasteiger partial charge in [-0.25, -0.2) is 0 Å². The van der Waals surface area contributed by atoms with Crippen molar-refractivity contribution in [3.8, 4) is 0 Å². The molecule has 0 aromatic heterocycles. The molecule has 0 aliphatic carbocycles. The number of ether oxygens (including phenoxy) is 2. The summed E-state index contributed by atoms with van der Waals surface area (Å²) in [6.45, 7) is 5.25. The standard InChI is InChI=1S/C38H72NO7P/c1-6-8-10-12-13-14-15-16-17-18-19-20-21-22-23-24-25-26-28-30-33-43-35-37(46-38(40)31-29-27-11-9-7-2)36-45-47(41,42)44-34-32-39(3,4)5/h13-14,16-17,19-20,37H,6-12,15,18,21-36H2,1-5H3/b14-13-,17-16-,20-19-. The second-order valence-electron chi connectivity index (χ2n) is 13.6. The first-order chi connectivity index (χ1) is 22.6. The van der Waals surface area contributed by atoms with E-state index in [1.54, 1.807) is 0 Å². The van der Waals surface area contributed by atoms with E-state index in [1.807, 2.05) is 21.1 Å². The first-order valence-corrected chi connectivity index (χ1v) is 20.2. The third kappa shape index (κ3) is 35.8. The summed E-state index contributed by atoms with van der Waals surface area (Å²) < 4.78 is 34.2. The number of carbonyl (C=O) groups excluding carboxylic acids is 1. The van der Waals surface area contributed by atoms with Crippen LogP contribution in [-0.4, -0.2) is 70.7 Å². The normalized spacial score (nSPS) is 14.4. The average Bonchev–Trinajstić information content (AvgIpc) is 3.01. The number of phosphoric ester groups is 1. The van der Waals surface area contributed by atoms with Crippen LogP contribution in [0.5, 0.6) is 0 Å². The molecule has 0 aliphatic heterocycles. The van der Waals surface area contributed by atoms with E-state index < -0.39 is 13.9 Å². The number of esters is 1. The van der Waals surface area contributed by atoms with Crippen LogP contribution in [0, 0.1) is 0 Å². The number of carbonyl (C=O) groups is 1. The number of quaternary nitrogens is 1. The maximum Gasteiger partial charge on any atom is 0.306 e. The highest BCUT2D eigenvalue weighted by Crippen LogP contribution is 2.38. The van der Waals surface area contributed by atoms with Crippen molar-refractivity contribution >= 4 is 13.8 Å². The maximum absolute atomic E-state index is 12.4. The third-order valence-electron chi connectivity index (χ3n) is 7.69. The fourth-order valence-corrected chi connectivity index (χ4v) is 5.46. The number of likely N-dealkylation sites (N-methyl/N-ethyl adjacent to an activating group) is 1. The predicted molar refractivity (Wildman–Crippen MR) is 194 cm³/mol. The maximum atomic E-state index is 12.4. The molecule has 0 aromatic rings. The van der Waals surface area contributed by atoms with Crippen LogP contribution >= 0.6 is 7.82 Å². The highest BCUT2D eigenvalue weighted by molar-refractivity contribution is 7.45. The molecule has 0 saturated heterocycles. The van der Waals surface area contributed by atoms with E-state index in [2.05, 4.69) is 50.3 Å². The molecule has 8 nitrogen and oxygen atoms in total. The molecule has 276 valence electrons. The minimum absolute atomic E-state index is 0.0234. The Morgan fingerprint density at radius 1 is 0.660 bits per heavy atom. The van der Waals surface area contributed by atoms with Gasteiger partial charge < -0.3 is 27.9 Å². The molecule has 0 bridgehead atoms. The molecule has 0 heterocycles. The van der Waals surface area contributed by atoms with Gasteiger partial charge >= 0.3 is 5.97 Å². The fraction of sp³-hybridized carbons (Fsp3) is 0.816. The number of hydrogen-bond acceptors (Lipinski definition) is 7. The lowest BCUT2D eigenvalue weighted by Crippen LogP contribution is -2.37. The van der Waals surface area contributed by atoms with Gasteiger partial charge in [0.1, 0.15) is 19.3 Å². The van der Waals surface area contributed by atoms with Gasteiger partial charge in [0, 0.05) is 13.0 Å². The number of nitrogens with zero attached hydrogens (tertiary/aromatic N) is 1. The first-order valence-electron chi connectivity index (χ1n) is 18.7. The van der Waals surface area contributed by atoms with Gasteiger partial charge in [0.05, 0.1) is 34.4 Å². The number of phosphoric acid groups is 1. The van der Waals surface area contributed by atoms with Gasteiger partial charge in [-0.15, -0.1) is 0 Å². The molecule has 47 heavy (non-hydrogen) atoms. The van der Waals surface area contributed by atoms with Crippen LogP contribution in [0.2, 0.25) is 0 Å². The van der Waals surface area contributed by atoms with Gasteiger partial charge in [-0.1, -0.05) is 121 Å². The Morgan fingerprint density at radius 3 is 1.79 bits per heavy atom. The van der Waals surface area contributed by atoms with Crippen molar-refractivity contribution in [2.75, 3.05) is 54.1 Å². The molecule has 0 fully saturated rings. The van der Waals surface area contributed by atoms with Crippen molar-refractivity contribution in [1.82, 2.24) is 0 Å². The number of hydrogen-bond donors (Lipinski definition) is 0. The quantitative estimate of drug-likeness (QED) is 0.0219. The van der Waals surface area contributed by atoms with Crippen molar-refractivity contribution in [1.29, 1.82) is 0 Å². The van der Waals surface area contributed by atoms with Crippen molar-refractivity contribution in [3.05, 3.63) is 36.5 Å². The van der Waals surface area contributed by atoms with Crippen molar-refractivity contribution < 1.29 is 37.3 Å². The van der Waals surface area contributed by atoms with Crippen LogP contribution in [-0.2, 0) is 27.9 Å². The minimum atomic E-state index is -4.51. The summed E-state index contributed by atoms with van der Waals surface area (Å²) >= 11 is 0. The second kappa shape index (κ2) is 32.0. The Labute approximate surface area is 289 Å². The van der Waals surface area contributed by atoms with E-state index in [4.69, 9.17) is 18.5 Å². The third-order valence-corrected chi connectivity index (χ3v) is 8.66. The summed E-state index contributed by atoms with van der Waals surface area (Å²) in [6, 6.07) is 0. The SMILES string of the molecule is CCCCC/C=C\C/C=C\C/C=C\CCCCCCCCCOCC(COP(=O)([O-])OCC[N+](C)(C)C)OC(=O)CCCCCCC. The van der Waals surface area contributed by atoms with E-state index in [0.29, 0.717) is 24.1 Å². The summed E-state index contributed by atoms with van der Waals surface area (Å²) in [5.41, 5.74) is 0. The Bertz CT molecular complexity index is 853. The first kappa shape index (κ1) is 45.7. The Balaban J connectivity index is 4.10. The largest absolute Gasteiger partial charge is 0.756 e. The predicted octanol–water partition coefficient (Wildman–Crippen LogP) is 9.63. The van der Waals surface area contributed by atoms with E-state index in [1.165, 1.54) is 57.8 Å². The fourth-order valence-electron chi connectivity index (χ4n) is 4.73. The number of rotatable bonds is 34. The van der Waals surface area contributed by atoms with Crippen LogP contribution in [0.3, 0.4) is 0 Å². The highest BCUT2D eigenvalue weighted by atomic mass is 31.2. The van der Waals surface area contributed by atoms with Crippen molar-refractivity contribution in [2.45, 2.75) is 148 Å². The zero-order valence-corrected chi connectivity index (χ0v) is 31.9. The van der Waals surface area contributed by atoms with Gasteiger partial charge in [-0.05, 0) is 51.4 Å². The summed E-state index contributed by atoms with van der Waals surface area (Å²) in [7, 11) is 1.34. The van der Waals surface area contributed by atoms with E-state index in [-0.39, 0.29) is 25.8 Å². The highest BCUT2D eigenvalue weighted by Gasteiger charge is 2.20. The van der Waals surface area contributed by atoms with Gasteiger partial charge in [-0.3, -0.25) is 9.36 Å². The number of unbranched alkanes of at least 4 members (excludes halogenated alkanes) is 14. The second-order valence-corrected chi connectivity index (χ2v) is 15.0. The lowest BCUT2D eigenvalue weighted by atomic mass is 10.1. The lowest BCUT2D eigenvalue weighted by molar-refractivity contribution is -0.870. The van der Waals surface area contributed by atoms with Gasteiger partial charge in [0.2, 0.25) is 0 Å². The molecule has 0 saturated carbocycles. The lowest BCUT2D eigenvalue weighted by Gasteiger charge is -2.28. The smallest absolute Gasteiger partial charge is 0.306 e. The summed E-state index contributed by atoms with van der Waals surface area (Å²) in [6.07, 6.45) is 34.7. The Hall–Kier alpha value is -1.28. The van der Waals surface area contributed by atoms with Crippen LogP contribution in [0.25, 0.3) is 0 Å².